The summed E-state index contributed by atoms with van der Waals surface area (Å²) in [5, 5.41) is 0.558. The maximum atomic E-state index is 12.7. The van der Waals surface area contributed by atoms with Gasteiger partial charge in [-0.15, -0.1) is 0 Å². The van der Waals surface area contributed by atoms with E-state index < -0.39 is 0 Å². The lowest BCUT2D eigenvalue weighted by atomic mass is 10.1. The van der Waals surface area contributed by atoms with Crippen LogP contribution in [0.15, 0.2) is 70.9 Å². The topological polar surface area (TPSA) is 61.8 Å². The lowest BCUT2D eigenvalue weighted by Gasteiger charge is -2.07. The Morgan fingerprint density at radius 2 is 1.87 bits per heavy atom. The van der Waals surface area contributed by atoms with E-state index in [0.29, 0.717) is 39.0 Å². The molecule has 0 bridgehead atoms. The maximum Gasteiger partial charge on any atom is 0.231 e. The molecule has 0 saturated carbocycles. The Balaban J connectivity index is 1.50. The molecule has 1 heterocycles. The highest BCUT2D eigenvalue weighted by molar-refractivity contribution is 9.10. The second-order valence-electron chi connectivity index (χ2n) is 6.70. The second kappa shape index (κ2) is 8.96. The van der Waals surface area contributed by atoms with Crippen molar-refractivity contribution in [3.8, 4) is 17.2 Å². The standard InChI is InChI=1S/C24H16BrClO5/c1-29-21-9-4-16(25)10-15(21)11-23-24(28)19-8-7-18(12-22(19)31-23)30-13-20(27)14-2-5-17(26)6-3-14/h2-12H,13H2,1H3/b23-11-. The number of halogens is 2. The first kappa shape index (κ1) is 21.2. The molecule has 31 heavy (non-hydrogen) atoms. The van der Waals surface area contributed by atoms with Crippen molar-refractivity contribution in [3.63, 3.8) is 0 Å². The Morgan fingerprint density at radius 1 is 1.10 bits per heavy atom. The number of hydrogen-bond donors (Lipinski definition) is 0. The Labute approximate surface area is 192 Å². The highest BCUT2D eigenvalue weighted by atomic mass is 79.9. The minimum atomic E-state index is -0.235. The number of carbonyl (C=O) groups excluding carboxylic acids is 2. The number of carbonyl (C=O) groups is 2. The molecule has 3 aromatic carbocycles. The SMILES string of the molecule is COc1ccc(Br)cc1/C=C1\Oc2cc(OCC(=O)c3ccc(Cl)cc3)ccc2C1=O. The average Bonchev–Trinajstić information content (AvgIpc) is 3.07. The third kappa shape index (κ3) is 4.65. The molecule has 1 aliphatic rings. The molecule has 4 rings (SSSR count). The predicted octanol–water partition coefficient (Wildman–Crippen LogP) is 5.99. The van der Waals surface area contributed by atoms with E-state index in [1.807, 2.05) is 12.1 Å². The van der Waals surface area contributed by atoms with E-state index in [1.54, 1.807) is 61.7 Å². The zero-order chi connectivity index (χ0) is 22.0. The summed E-state index contributed by atoms with van der Waals surface area (Å²) in [6, 6.07) is 16.9. The molecule has 0 amide bonds. The molecule has 0 N–H and O–H groups in total. The van der Waals surface area contributed by atoms with Crippen molar-refractivity contribution in [1.29, 1.82) is 0 Å². The number of ketones is 2. The van der Waals surface area contributed by atoms with Crippen molar-refractivity contribution in [2.45, 2.75) is 0 Å². The third-order valence-electron chi connectivity index (χ3n) is 4.66. The third-order valence-corrected chi connectivity index (χ3v) is 5.40. The molecule has 5 nitrogen and oxygen atoms in total. The summed E-state index contributed by atoms with van der Waals surface area (Å²) in [6.07, 6.45) is 1.64. The first-order valence-electron chi connectivity index (χ1n) is 9.28. The summed E-state index contributed by atoms with van der Waals surface area (Å²) in [5.41, 5.74) is 1.64. The van der Waals surface area contributed by atoms with Crippen LogP contribution in [-0.2, 0) is 0 Å². The second-order valence-corrected chi connectivity index (χ2v) is 8.05. The van der Waals surface area contributed by atoms with Gasteiger partial charge in [-0.1, -0.05) is 27.5 Å². The van der Waals surface area contributed by atoms with Crippen LogP contribution >= 0.6 is 27.5 Å². The molecular weight excluding hydrogens is 484 g/mol. The van der Waals surface area contributed by atoms with Gasteiger partial charge in [0.05, 0.1) is 12.7 Å². The number of Topliss-reactive ketones (excluding diaryl/α,β-unsaturated/α-hetero) is 2. The first-order chi connectivity index (χ1) is 14.9. The Kier molecular flexibility index (Phi) is 6.11. The number of methoxy groups -OCH3 is 1. The van der Waals surface area contributed by atoms with Gasteiger partial charge in [-0.2, -0.15) is 0 Å². The molecule has 0 saturated heterocycles. The van der Waals surface area contributed by atoms with Gasteiger partial charge in [0.25, 0.3) is 0 Å². The van der Waals surface area contributed by atoms with Crippen LogP contribution in [-0.4, -0.2) is 25.3 Å². The summed E-state index contributed by atoms with van der Waals surface area (Å²) in [5.74, 6) is 1.18. The molecule has 1 aliphatic heterocycles. The van der Waals surface area contributed by atoms with Gasteiger partial charge in [-0.05, 0) is 60.7 Å². The summed E-state index contributed by atoms with van der Waals surface area (Å²) in [6.45, 7) is -0.147. The van der Waals surface area contributed by atoms with Crippen molar-refractivity contribution in [1.82, 2.24) is 0 Å². The normalized spacial score (nSPS) is 13.6. The summed E-state index contributed by atoms with van der Waals surface area (Å²) in [4.78, 5) is 25.0. The van der Waals surface area contributed by atoms with Gasteiger partial charge in [0.15, 0.2) is 18.1 Å². The number of fused-ring (bicyclic) bond motifs is 1. The summed E-state index contributed by atoms with van der Waals surface area (Å²) >= 11 is 9.26. The van der Waals surface area contributed by atoms with Crippen LogP contribution in [0.5, 0.6) is 17.2 Å². The number of allylic oxidation sites excluding steroid dienone is 1. The first-order valence-corrected chi connectivity index (χ1v) is 10.4. The van der Waals surface area contributed by atoms with Crippen LogP contribution in [0, 0.1) is 0 Å². The van der Waals surface area contributed by atoms with Crippen molar-refractivity contribution in [2.24, 2.45) is 0 Å². The van der Waals surface area contributed by atoms with Gasteiger partial charge in [0.2, 0.25) is 5.78 Å². The molecule has 0 aromatic heterocycles. The predicted molar refractivity (Wildman–Crippen MR) is 121 cm³/mol. The maximum absolute atomic E-state index is 12.7. The molecule has 7 heteroatoms. The molecule has 0 unspecified atom stereocenters. The zero-order valence-corrected chi connectivity index (χ0v) is 18.7. The van der Waals surface area contributed by atoms with E-state index in [2.05, 4.69) is 15.9 Å². The van der Waals surface area contributed by atoms with Gasteiger partial charge in [-0.25, -0.2) is 0 Å². The molecule has 156 valence electrons. The molecule has 0 fully saturated rings. The molecule has 3 aromatic rings. The van der Waals surface area contributed by atoms with Crippen LogP contribution in [0.1, 0.15) is 26.3 Å². The minimum Gasteiger partial charge on any atom is -0.496 e. The quantitative estimate of drug-likeness (QED) is 0.308. The monoisotopic (exact) mass is 498 g/mol. The molecule has 0 atom stereocenters. The van der Waals surface area contributed by atoms with Crippen molar-refractivity contribution in [2.75, 3.05) is 13.7 Å². The molecule has 0 spiro atoms. The number of rotatable bonds is 6. The average molecular weight is 500 g/mol. The van der Waals surface area contributed by atoms with E-state index in [0.717, 1.165) is 4.47 Å². The summed E-state index contributed by atoms with van der Waals surface area (Å²) in [7, 11) is 1.56. The van der Waals surface area contributed by atoms with Crippen molar-refractivity contribution < 1.29 is 23.8 Å². The van der Waals surface area contributed by atoms with Crippen LogP contribution in [0.4, 0.5) is 0 Å². The van der Waals surface area contributed by atoms with Gasteiger partial charge < -0.3 is 14.2 Å². The Hall–Kier alpha value is -3.09. The Morgan fingerprint density at radius 3 is 2.61 bits per heavy atom. The minimum absolute atomic E-state index is 0.147. The smallest absolute Gasteiger partial charge is 0.231 e. The molecule has 0 radical (unpaired) electrons. The Bertz CT molecular complexity index is 1200. The zero-order valence-electron chi connectivity index (χ0n) is 16.4. The summed E-state index contributed by atoms with van der Waals surface area (Å²) < 4.78 is 17.6. The highest BCUT2D eigenvalue weighted by Crippen LogP contribution is 2.36. The fourth-order valence-corrected chi connectivity index (χ4v) is 3.59. The molecule has 0 aliphatic carbocycles. The van der Waals surface area contributed by atoms with E-state index >= 15 is 0 Å². The van der Waals surface area contributed by atoms with Crippen molar-refractivity contribution in [3.05, 3.63) is 92.6 Å². The van der Waals surface area contributed by atoms with Gasteiger partial charge in [0.1, 0.15) is 17.2 Å². The number of ether oxygens (including phenoxy) is 3. The number of benzene rings is 3. The molecular formula is C24H16BrClO5. The largest absolute Gasteiger partial charge is 0.496 e. The van der Waals surface area contributed by atoms with Gasteiger partial charge in [0, 0.05) is 26.7 Å². The number of hydrogen-bond acceptors (Lipinski definition) is 5. The van der Waals surface area contributed by atoms with E-state index in [4.69, 9.17) is 25.8 Å². The lowest BCUT2D eigenvalue weighted by molar-refractivity contribution is 0.0921. The van der Waals surface area contributed by atoms with E-state index in [-0.39, 0.29) is 23.9 Å². The van der Waals surface area contributed by atoms with E-state index in [9.17, 15) is 9.59 Å². The van der Waals surface area contributed by atoms with Gasteiger partial charge in [-0.3, -0.25) is 9.59 Å². The fraction of sp³-hybridized carbons (Fsp3) is 0.0833. The van der Waals surface area contributed by atoms with Gasteiger partial charge >= 0.3 is 0 Å². The lowest BCUT2D eigenvalue weighted by Crippen LogP contribution is -2.11. The van der Waals surface area contributed by atoms with Crippen molar-refractivity contribution >= 4 is 45.2 Å². The fourth-order valence-electron chi connectivity index (χ4n) is 3.08. The van der Waals surface area contributed by atoms with Crippen LogP contribution in [0.2, 0.25) is 5.02 Å². The van der Waals surface area contributed by atoms with Crippen LogP contribution in [0.3, 0.4) is 0 Å². The van der Waals surface area contributed by atoms with E-state index in [1.165, 1.54) is 0 Å². The van der Waals surface area contributed by atoms with Crippen LogP contribution in [0.25, 0.3) is 6.08 Å². The highest BCUT2D eigenvalue weighted by Gasteiger charge is 2.28. The van der Waals surface area contributed by atoms with Crippen LogP contribution < -0.4 is 14.2 Å².